The Morgan fingerprint density at radius 2 is 2.00 bits per heavy atom. The van der Waals surface area contributed by atoms with Gasteiger partial charge in [-0.3, -0.25) is 0 Å². The highest BCUT2D eigenvalue weighted by atomic mass is 14.9. The fourth-order valence-electron chi connectivity index (χ4n) is 1.72. The van der Waals surface area contributed by atoms with Gasteiger partial charge in [0.2, 0.25) is 0 Å². The molecule has 1 rings (SSSR count). The molecule has 86 valence electrons. The minimum Gasteiger partial charge on any atom is -0.329 e. The maximum atomic E-state index is 5.78. The molecule has 0 spiro atoms. The van der Waals surface area contributed by atoms with Crippen molar-refractivity contribution in [3.05, 3.63) is 35.9 Å². The van der Waals surface area contributed by atoms with Crippen molar-refractivity contribution in [2.24, 2.45) is 5.73 Å². The van der Waals surface area contributed by atoms with Crippen molar-refractivity contribution in [1.82, 2.24) is 5.32 Å². The summed E-state index contributed by atoms with van der Waals surface area (Å²) in [6.45, 7) is 5.37. The largest absolute Gasteiger partial charge is 0.329 e. The standard InChI is InChI=1S/C14H20N2/c1-3-4-10-16-14(11-15)12(2)13-8-6-5-7-9-13/h5-9,12,14,16H,10-11,15H2,1-2H3. The monoisotopic (exact) mass is 216 g/mol. The first-order chi connectivity index (χ1) is 7.79. The highest BCUT2D eigenvalue weighted by Crippen LogP contribution is 2.17. The quantitative estimate of drug-likeness (QED) is 0.736. The molecule has 2 atom stereocenters. The summed E-state index contributed by atoms with van der Waals surface area (Å²) in [6.07, 6.45) is 0. The van der Waals surface area contributed by atoms with E-state index in [1.165, 1.54) is 5.56 Å². The zero-order chi connectivity index (χ0) is 11.8. The smallest absolute Gasteiger partial charge is 0.0579 e. The van der Waals surface area contributed by atoms with Crippen molar-refractivity contribution >= 4 is 0 Å². The van der Waals surface area contributed by atoms with Gasteiger partial charge in [-0.15, -0.1) is 5.92 Å². The van der Waals surface area contributed by atoms with E-state index in [2.05, 4.69) is 48.3 Å². The molecule has 0 bridgehead atoms. The van der Waals surface area contributed by atoms with Crippen LogP contribution in [0.25, 0.3) is 0 Å². The Hall–Kier alpha value is -1.30. The molecule has 3 N–H and O–H groups in total. The molecular formula is C14H20N2. The molecule has 2 heteroatoms. The molecule has 0 amide bonds. The van der Waals surface area contributed by atoms with Crippen LogP contribution in [0.5, 0.6) is 0 Å². The van der Waals surface area contributed by atoms with Gasteiger partial charge >= 0.3 is 0 Å². The maximum Gasteiger partial charge on any atom is 0.0579 e. The Balaban J connectivity index is 2.61. The van der Waals surface area contributed by atoms with Crippen LogP contribution < -0.4 is 11.1 Å². The predicted octanol–water partition coefficient (Wildman–Crippen LogP) is 1.73. The van der Waals surface area contributed by atoms with Gasteiger partial charge in [0, 0.05) is 12.6 Å². The van der Waals surface area contributed by atoms with Crippen LogP contribution in [0.2, 0.25) is 0 Å². The number of benzene rings is 1. The van der Waals surface area contributed by atoms with Gasteiger partial charge in [0.05, 0.1) is 6.54 Å². The molecule has 0 aliphatic carbocycles. The predicted molar refractivity (Wildman–Crippen MR) is 69.2 cm³/mol. The average molecular weight is 216 g/mol. The van der Waals surface area contributed by atoms with Crippen LogP contribution in [0.3, 0.4) is 0 Å². The lowest BCUT2D eigenvalue weighted by atomic mass is 9.93. The fraction of sp³-hybridized carbons (Fsp3) is 0.429. The molecule has 0 fully saturated rings. The van der Waals surface area contributed by atoms with E-state index in [0.717, 1.165) is 0 Å². The lowest BCUT2D eigenvalue weighted by molar-refractivity contribution is 0.480. The van der Waals surface area contributed by atoms with Crippen molar-refractivity contribution in [2.45, 2.75) is 25.8 Å². The summed E-state index contributed by atoms with van der Waals surface area (Å²) in [5.74, 6) is 6.28. The summed E-state index contributed by atoms with van der Waals surface area (Å²) >= 11 is 0. The Bertz CT molecular complexity index is 348. The van der Waals surface area contributed by atoms with Crippen LogP contribution in [-0.2, 0) is 0 Å². The van der Waals surface area contributed by atoms with Gasteiger partial charge in [-0.05, 0) is 18.4 Å². The minimum absolute atomic E-state index is 0.281. The molecule has 0 radical (unpaired) electrons. The van der Waals surface area contributed by atoms with E-state index < -0.39 is 0 Å². The number of hydrogen-bond donors (Lipinski definition) is 2. The lowest BCUT2D eigenvalue weighted by Gasteiger charge is -2.23. The van der Waals surface area contributed by atoms with E-state index in [4.69, 9.17) is 5.73 Å². The van der Waals surface area contributed by atoms with Crippen molar-refractivity contribution < 1.29 is 0 Å². The Kier molecular flexibility index (Phi) is 5.63. The number of nitrogens with two attached hydrogens (primary N) is 1. The van der Waals surface area contributed by atoms with Crippen LogP contribution in [-0.4, -0.2) is 19.1 Å². The van der Waals surface area contributed by atoms with Crippen LogP contribution in [0.15, 0.2) is 30.3 Å². The zero-order valence-electron chi connectivity index (χ0n) is 10.0. The third-order valence-electron chi connectivity index (χ3n) is 2.81. The van der Waals surface area contributed by atoms with E-state index in [-0.39, 0.29) is 6.04 Å². The van der Waals surface area contributed by atoms with E-state index in [1.54, 1.807) is 0 Å². The van der Waals surface area contributed by atoms with Crippen molar-refractivity contribution in [3.63, 3.8) is 0 Å². The first-order valence-corrected chi connectivity index (χ1v) is 5.67. The van der Waals surface area contributed by atoms with Crippen molar-refractivity contribution in [3.8, 4) is 11.8 Å². The summed E-state index contributed by atoms with van der Waals surface area (Å²) in [5, 5.41) is 3.37. The second-order valence-corrected chi connectivity index (χ2v) is 3.85. The van der Waals surface area contributed by atoms with Gasteiger partial charge in [-0.1, -0.05) is 43.2 Å². The molecule has 1 aromatic carbocycles. The topological polar surface area (TPSA) is 38.0 Å². The van der Waals surface area contributed by atoms with E-state index >= 15 is 0 Å². The van der Waals surface area contributed by atoms with Crippen LogP contribution in [0, 0.1) is 11.8 Å². The van der Waals surface area contributed by atoms with Crippen LogP contribution in [0.4, 0.5) is 0 Å². The molecule has 2 unspecified atom stereocenters. The van der Waals surface area contributed by atoms with Crippen LogP contribution >= 0.6 is 0 Å². The molecule has 16 heavy (non-hydrogen) atoms. The van der Waals surface area contributed by atoms with Gasteiger partial charge in [-0.2, -0.15) is 0 Å². The molecule has 0 saturated carbocycles. The molecule has 0 saturated heterocycles. The van der Waals surface area contributed by atoms with Gasteiger partial charge < -0.3 is 11.1 Å². The number of hydrogen-bond acceptors (Lipinski definition) is 2. The summed E-state index contributed by atoms with van der Waals surface area (Å²) in [7, 11) is 0. The Morgan fingerprint density at radius 1 is 1.31 bits per heavy atom. The number of nitrogens with one attached hydrogen (secondary N) is 1. The highest BCUT2D eigenvalue weighted by molar-refractivity contribution is 5.20. The maximum absolute atomic E-state index is 5.78. The third-order valence-corrected chi connectivity index (χ3v) is 2.81. The van der Waals surface area contributed by atoms with Gasteiger partial charge in [0.15, 0.2) is 0 Å². The average Bonchev–Trinajstić information content (AvgIpc) is 2.35. The second-order valence-electron chi connectivity index (χ2n) is 3.85. The van der Waals surface area contributed by atoms with E-state index in [1.807, 2.05) is 13.0 Å². The second kappa shape index (κ2) is 7.05. The van der Waals surface area contributed by atoms with Gasteiger partial charge in [0.1, 0.15) is 0 Å². The van der Waals surface area contributed by atoms with E-state index in [0.29, 0.717) is 19.0 Å². The first-order valence-electron chi connectivity index (χ1n) is 5.67. The normalized spacial score (nSPS) is 13.7. The minimum atomic E-state index is 0.281. The molecule has 1 aromatic rings. The van der Waals surface area contributed by atoms with Gasteiger partial charge in [-0.25, -0.2) is 0 Å². The third kappa shape index (κ3) is 3.69. The molecule has 0 aliphatic heterocycles. The SMILES string of the molecule is CC#CCNC(CN)C(C)c1ccccc1. The van der Waals surface area contributed by atoms with Gasteiger partial charge in [0.25, 0.3) is 0 Å². The fourth-order valence-corrected chi connectivity index (χ4v) is 1.72. The van der Waals surface area contributed by atoms with Crippen molar-refractivity contribution in [2.75, 3.05) is 13.1 Å². The summed E-state index contributed by atoms with van der Waals surface area (Å²) in [4.78, 5) is 0. The van der Waals surface area contributed by atoms with Crippen molar-refractivity contribution in [1.29, 1.82) is 0 Å². The molecule has 0 heterocycles. The highest BCUT2D eigenvalue weighted by Gasteiger charge is 2.15. The summed E-state index contributed by atoms with van der Waals surface area (Å²) in [5.41, 5.74) is 7.10. The molecular weight excluding hydrogens is 196 g/mol. The lowest BCUT2D eigenvalue weighted by Crippen LogP contribution is -2.40. The number of rotatable bonds is 5. The molecule has 2 nitrogen and oxygen atoms in total. The Labute approximate surface area is 98.2 Å². The molecule has 0 aliphatic rings. The van der Waals surface area contributed by atoms with Crippen LogP contribution in [0.1, 0.15) is 25.3 Å². The first kappa shape index (κ1) is 12.8. The summed E-state index contributed by atoms with van der Waals surface area (Å²) in [6, 6.07) is 10.7. The summed E-state index contributed by atoms with van der Waals surface area (Å²) < 4.78 is 0. The Morgan fingerprint density at radius 3 is 2.56 bits per heavy atom. The zero-order valence-corrected chi connectivity index (χ0v) is 10.0. The van der Waals surface area contributed by atoms with E-state index in [9.17, 15) is 0 Å². The molecule has 0 aromatic heterocycles.